The second-order valence-electron chi connectivity index (χ2n) is 5.39. The molecule has 5 heteroatoms. The van der Waals surface area contributed by atoms with Gasteiger partial charge in [-0.05, 0) is 19.3 Å². The van der Waals surface area contributed by atoms with Crippen molar-refractivity contribution in [2.24, 2.45) is 0 Å². The zero-order valence-electron chi connectivity index (χ0n) is 12.5. The van der Waals surface area contributed by atoms with Gasteiger partial charge >= 0.3 is 6.03 Å². The first-order chi connectivity index (χ1) is 9.06. The first-order valence-electron chi connectivity index (χ1n) is 7.30. The number of hydrogen-bond donors (Lipinski definition) is 0. The molecule has 1 fully saturated rings. The van der Waals surface area contributed by atoms with E-state index in [-0.39, 0.29) is 18.5 Å². The summed E-state index contributed by atoms with van der Waals surface area (Å²) in [5.41, 5.74) is 0. The van der Waals surface area contributed by atoms with Gasteiger partial charge in [-0.1, -0.05) is 19.8 Å². The molecule has 0 bridgehead atoms. The van der Waals surface area contributed by atoms with Gasteiger partial charge in [0.2, 0.25) is 5.91 Å². The topological polar surface area (TPSA) is 43.9 Å². The lowest BCUT2D eigenvalue weighted by Crippen LogP contribution is -2.47. The molecule has 0 aromatic rings. The average Bonchev–Trinajstić information content (AvgIpc) is 2.66. The minimum absolute atomic E-state index is 0.0170. The van der Waals surface area contributed by atoms with Gasteiger partial charge < -0.3 is 14.7 Å². The number of hydrogen-bond acceptors (Lipinski definition) is 2. The van der Waals surface area contributed by atoms with Crippen molar-refractivity contribution < 1.29 is 9.59 Å². The zero-order chi connectivity index (χ0) is 14.3. The van der Waals surface area contributed by atoms with Gasteiger partial charge in [0.25, 0.3) is 0 Å². The molecule has 0 N–H and O–H groups in total. The van der Waals surface area contributed by atoms with Crippen LogP contribution in [0.2, 0.25) is 0 Å². The molecule has 0 aliphatic carbocycles. The minimum Gasteiger partial charge on any atom is -0.347 e. The summed E-state index contributed by atoms with van der Waals surface area (Å²) in [5, 5.41) is 0. The van der Waals surface area contributed by atoms with Crippen molar-refractivity contribution in [3.8, 4) is 0 Å². The molecule has 0 saturated carbocycles. The van der Waals surface area contributed by atoms with Gasteiger partial charge in [0, 0.05) is 33.7 Å². The van der Waals surface area contributed by atoms with Crippen molar-refractivity contribution in [2.45, 2.75) is 39.0 Å². The molecule has 1 saturated heterocycles. The van der Waals surface area contributed by atoms with Gasteiger partial charge in [0.05, 0.1) is 0 Å². The van der Waals surface area contributed by atoms with E-state index in [1.807, 2.05) is 11.8 Å². The molecule has 0 atom stereocenters. The quantitative estimate of drug-likeness (QED) is 0.781. The van der Waals surface area contributed by atoms with Crippen LogP contribution in [0.4, 0.5) is 4.79 Å². The van der Waals surface area contributed by atoms with E-state index in [1.54, 1.807) is 23.9 Å². The molecular weight excluding hydrogens is 242 g/mol. The summed E-state index contributed by atoms with van der Waals surface area (Å²) in [6.07, 6.45) is 5.43. The second kappa shape index (κ2) is 8.02. The van der Waals surface area contributed by atoms with Crippen molar-refractivity contribution in [3.05, 3.63) is 0 Å². The van der Waals surface area contributed by atoms with Crippen LogP contribution in [-0.4, -0.2) is 66.9 Å². The van der Waals surface area contributed by atoms with Gasteiger partial charge in [-0.15, -0.1) is 0 Å². The molecule has 1 aliphatic heterocycles. The van der Waals surface area contributed by atoms with Crippen molar-refractivity contribution >= 4 is 11.9 Å². The van der Waals surface area contributed by atoms with E-state index in [0.29, 0.717) is 6.54 Å². The first kappa shape index (κ1) is 15.8. The summed E-state index contributed by atoms with van der Waals surface area (Å²) in [6.45, 7) is 4.53. The predicted octanol–water partition coefficient (Wildman–Crippen LogP) is 1.78. The third kappa shape index (κ3) is 5.09. The molecule has 1 aliphatic rings. The summed E-state index contributed by atoms with van der Waals surface area (Å²) in [4.78, 5) is 29.4. The minimum atomic E-state index is -0.0170. The van der Waals surface area contributed by atoms with Crippen LogP contribution in [0.25, 0.3) is 0 Å². The zero-order valence-corrected chi connectivity index (χ0v) is 12.5. The second-order valence-corrected chi connectivity index (χ2v) is 5.39. The van der Waals surface area contributed by atoms with E-state index in [9.17, 15) is 9.59 Å². The normalized spacial score (nSPS) is 15.8. The fourth-order valence-electron chi connectivity index (χ4n) is 2.28. The highest BCUT2D eigenvalue weighted by Crippen LogP contribution is 2.12. The van der Waals surface area contributed by atoms with E-state index in [2.05, 4.69) is 0 Å². The summed E-state index contributed by atoms with van der Waals surface area (Å²) in [5.74, 6) is -0.0170. The third-order valence-electron chi connectivity index (χ3n) is 3.47. The molecule has 0 radical (unpaired) electrons. The summed E-state index contributed by atoms with van der Waals surface area (Å²) < 4.78 is 0. The Labute approximate surface area is 116 Å². The Hall–Kier alpha value is -1.26. The molecule has 0 spiro atoms. The number of amides is 3. The lowest BCUT2D eigenvalue weighted by atomic mass is 10.2. The highest BCUT2D eigenvalue weighted by molar-refractivity contribution is 5.83. The highest BCUT2D eigenvalue weighted by atomic mass is 16.2. The van der Waals surface area contributed by atoms with Crippen LogP contribution in [0, 0.1) is 0 Å². The van der Waals surface area contributed by atoms with E-state index >= 15 is 0 Å². The summed E-state index contributed by atoms with van der Waals surface area (Å²) in [7, 11) is 3.45. The maximum Gasteiger partial charge on any atom is 0.320 e. The molecule has 19 heavy (non-hydrogen) atoms. The van der Waals surface area contributed by atoms with Crippen LogP contribution < -0.4 is 0 Å². The first-order valence-corrected chi connectivity index (χ1v) is 7.30. The SMILES string of the molecule is CCCN(CC(=O)N(C)C)C(=O)N1CCCCCC1. The van der Waals surface area contributed by atoms with Crippen molar-refractivity contribution in [1.82, 2.24) is 14.7 Å². The van der Waals surface area contributed by atoms with E-state index in [1.165, 1.54) is 12.8 Å². The van der Waals surface area contributed by atoms with E-state index in [4.69, 9.17) is 0 Å². The number of rotatable bonds is 4. The number of carbonyl (C=O) groups excluding carboxylic acids is 2. The van der Waals surface area contributed by atoms with Crippen LogP contribution in [0.3, 0.4) is 0 Å². The molecule has 5 nitrogen and oxygen atoms in total. The van der Waals surface area contributed by atoms with Crippen molar-refractivity contribution in [2.75, 3.05) is 40.3 Å². The maximum absolute atomic E-state index is 12.5. The molecule has 0 aromatic carbocycles. The smallest absolute Gasteiger partial charge is 0.320 e. The lowest BCUT2D eigenvalue weighted by Gasteiger charge is -2.30. The van der Waals surface area contributed by atoms with E-state index in [0.717, 1.165) is 32.4 Å². The Kier molecular flexibility index (Phi) is 6.67. The van der Waals surface area contributed by atoms with Gasteiger partial charge in [0.1, 0.15) is 6.54 Å². The molecule has 0 aromatic heterocycles. The number of urea groups is 1. The average molecular weight is 269 g/mol. The standard InChI is InChI=1S/C14H27N3O2/c1-4-9-17(12-13(18)15(2)3)14(19)16-10-7-5-6-8-11-16/h4-12H2,1-3H3. The lowest BCUT2D eigenvalue weighted by molar-refractivity contribution is -0.129. The summed E-state index contributed by atoms with van der Waals surface area (Å²) in [6, 6.07) is 0.0268. The largest absolute Gasteiger partial charge is 0.347 e. The molecule has 3 amide bonds. The Balaban J connectivity index is 2.62. The number of likely N-dealkylation sites (tertiary alicyclic amines) is 1. The third-order valence-corrected chi connectivity index (χ3v) is 3.47. The van der Waals surface area contributed by atoms with Gasteiger partial charge in [0.15, 0.2) is 0 Å². The Morgan fingerprint density at radius 3 is 2.11 bits per heavy atom. The van der Waals surface area contributed by atoms with Crippen molar-refractivity contribution in [1.29, 1.82) is 0 Å². The Bertz CT molecular complexity index is 297. The fraction of sp³-hybridized carbons (Fsp3) is 0.857. The van der Waals surface area contributed by atoms with Gasteiger partial charge in [-0.2, -0.15) is 0 Å². The van der Waals surface area contributed by atoms with Crippen LogP contribution in [0.15, 0.2) is 0 Å². The van der Waals surface area contributed by atoms with Crippen LogP contribution in [-0.2, 0) is 4.79 Å². The van der Waals surface area contributed by atoms with Crippen LogP contribution in [0.1, 0.15) is 39.0 Å². The Morgan fingerprint density at radius 2 is 1.63 bits per heavy atom. The Morgan fingerprint density at radius 1 is 1.05 bits per heavy atom. The number of likely N-dealkylation sites (N-methyl/N-ethyl adjacent to an activating group) is 1. The predicted molar refractivity (Wildman–Crippen MR) is 76.0 cm³/mol. The molecule has 1 heterocycles. The fourth-order valence-corrected chi connectivity index (χ4v) is 2.28. The van der Waals surface area contributed by atoms with Gasteiger partial charge in [-0.25, -0.2) is 4.79 Å². The number of carbonyl (C=O) groups is 2. The summed E-state index contributed by atoms with van der Waals surface area (Å²) >= 11 is 0. The molecule has 0 unspecified atom stereocenters. The molecule has 110 valence electrons. The van der Waals surface area contributed by atoms with Gasteiger partial charge in [-0.3, -0.25) is 4.79 Å². The number of nitrogens with zero attached hydrogens (tertiary/aromatic N) is 3. The maximum atomic E-state index is 12.5. The highest BCUT2D eigenvalue weighted by Gasteiger charge is 2.23. The van der Waals surface area contributed by atoms with Crippen LogP contribution in [0.5, 0.6) is 0 Å². The molecule has 1 rings (SSSR count). The van der Waals surface area contributed by atoms with E-state index < -0.39 is 0 Å². The van der Waals surface area contributed by atoms with Crippen molar-refractivity contribution in [3.63, 3.8) is 0 Å². The monoisotopic (exact) mass is 269 g/mol. The van der Waals surface area contributed by atoms with Crippen LogP contribution >= 0.6 is 0 Å². The molecular formula is C14H27N3O2.